The first-order chi connectivity index (χ1) is 10.2. The molecule has 0 spiro atoms. The minimum atomic E-state index is 0.589. The number of halogens is 1. The quantitative estimate of drug-likeness (QED) is 0.787. The molecule has 0 aliphatic heterocycles. The van der Waals surface area contributed by atoms with Crippen LogP contribution >= 0.6 is 28.1 Å². The summed E-state index contributed by atoms with van der Waals surface area (Å²) in [7, 11) is 0. The van der Waals surface area contributed by atoms with Crippen LogP contribution in [0.1, 0.15) is 19.4 Å². The first-order valence-electron chi connectivity index (χ1n) is 6.94. The number of rotatable bonds is 4. The Labute approximate surface area is 140 Å². The number of anilines is 1. The van der Waals surface area contributed by atoms with Gasteiger partial charge in [-0.1, -0.05) is 44.2 Å². The molecule has 2 N–H and O–H groups in total. The third-order valence-corrected chi connectivity index (χ3v) is 3.23. The van der Waals surface area contributed by atoms with E-state index < -0.39 is 0 Å². The smallest absolute Gasteiger partial charge is 0.171 e. The van der Waals surface area contributed by atoms with Gasteiger partial charge in [0.2, 0.25) is 0 Å². The molecule has 1 heterocycles. The lowest BCUT2D eigenvalue weighted by atomic mass is 10.1. The minimum absolute atomic E-state index is 0.589. The minimum Gasteiger partial charge on any atom is -0.362 e. The standard InChI is InChI=1S/C14H14BrN3S.C2H6/c15-12-6-7-13(17-10-12)18-14(19)16-9-8-11-4-2-1-3-5-11;1-2/h1-7,10H,8-9H2,(H2,16,17,18,19);1-2H3. The van der Waals surface area contributed by atoms with Crippen molar-refractivity contribution in [2.45, 2.75) is 20.3 Å². The summed E-state index contributed by atoms with van der Waals surface area (Å²) in [6.45, 7) is 4.80. The van der Waals surface area contributed by atoms with Crippen LogP contribution in [0.5, 0.6) is 0 Å². The number of nitrogens with zero attached hydrogens (tertiary/aromatic N) is 1. The van der Waals surface area contributed by atoms with Gasteiger partial charge in [-0.2, -0.15) is 0 Å². The van der Waals surface area contributed by atoms with E-state index in [4.69, 9.17) is 12.2 Å². The molecule has 1 aromatic heterocycles. The molecule has 0 fully saturated rings. The number of thiocarbonyl (C=S) groups is 1. The van der Waals surface area contributed by atoms with Crippen molar-refractivity contribution in [2.24, 2.45) is 0 Å². The van der Waals surface area contributed by atoms with Crippen LogP contribution < -0.4 is 10.6 Å². The molecule has 112 valence electrons. The molecule has 0 saturated carbocycles. The Hall–Kier alpha value is -1.46. The van der Waals surface area contributed by atoms with Gasteiger partial charge in [-0.15, -0.1) is 0 Å². The molecule has 5 heteroatoms. The highest BCUT2D eigenvalue weighted by atomic mass is 79.9. The van der Waals surface area contributed by atoms with E-state index in [-0.39, 0.29) is 0 Å². The first kappa shape index (κ1) is 17.6. The third kappa shape index (κ3) is 7.20. The molecule has 21 heavy (non-hydrogen) atoms. The summed E-state index contributed by atoms with van der Waals surface area (Å²) in [5.74, 6) is 0.736. The lowest BCUT2D eigenvalue weighted by molar-refractivity contribution is 0.873. The molecule has 0 bridgehead atoms. The van der Waals surface area contributed by atoms with Crippen LogP contribution in [0, 0.1) is 0 Å². The zero-order valence-electron chi connectivity index (χ0n) is 12.3. The largest absolute Gasteiger partial charge is 0.362 e. The van der Waals surface area contributed by atoms with Crippen molar-refractivity contribution in [1.29, 1.82) is 0 Å². The van der Waals surface area contributed by atoms with E-state index in [1.165, 1.54) is 5.56 Å². The van der Waals surface area contributed by atoms with E-state index in [1.54, 1.807) is 6.20 Å². The SMILES string of the molecule is CC.S=C(NCCc1ccccc1)Nc1ccc(Br)cn1. The molecule has 0 unspecified atom stereocenters. The van der Waals surface area contributed by atoms with Crippen molar-refractivity contribution in [1.82, 2.24) is 10.3 Å². The Morgan fingerprint density at radius 2 is 1.86 bits per heavy atom. The first-order valence-corrected chi connectivity index (χ1v) is 8.14. The van der Waals surface area contributed by atoms with Gasteiger partial charge in [0.25, 0.3) is 0 Å². The molecule has 0 radical (unpaired) electrons. The van der Waals surface area contributed by atoms with Crippen molar-refractivity contribution in [2.75, 3.05) is 11.9 Å². The summed E-state index contributed by atoms with van der Waals surface area (Å²) in [5.41, 5.74) is 1.29. The highest BCUT2D eigenvalue weighted by molar-refractivity contribution is 9.10. The predicted molar refractivity (Wildman–Crippen MR) is 97.7 cm³/mol. The lowest BCUT2D eigenvalue weighted by Crippen LogP contribution is -2.30. The topological polar surface area (TPSA) is 37.0 Å². The average molecular weight is 366 g/mol. The van der Waals surface area contributed by atoms with E-state index >= 15 is 0 Å². The number of benzene rings is 1. The third-order valence-electron chi connectivity index (χ3n) is 2.51. The highest BCUT2D eigenvalue weighted by Gasteiger charge is 1.98. The second-order valence-electron chi connectivity index (χ2n) is 3.98. The van der Waals surface area contributed by atoms with Gasteiger partial charge in [-0.3, -0.25) is 0 Å². The molecule has 1 aromatic carbocycles. The van der Waals surface area contributed by atoms with Crippen LogP contribution in [-0.4, -0.2) is 16.6 Å². The summed E-state index contributed by atoms with van der Waals surface area (Å²) in [5, 5.41) is 6.80. The molecular weight excluding hydrogens is 346 g/mol. The zero-order valence-corrected chi connectivity index (χ0v) is 14.7. The molecule has 0 aliphatic carbocycles. The number of pyridine rings is 1. The second kappa shape index (κ2) is 10.3. The fourth-order valence-electron chi connectivity index (χ4n) is 1.58. The van der Waals surface area contributed by atoms with Crippen LogP contribution in [0.15, 0.2) is 53.1 Å². The van der Waals surface area contributed by atoms with Crippen molar-refractivity contribution in [3.63, 3.8) is 0 Å². The van der Waals surface area contributed by atoms with Gasteiger partial charge in [0.1, 0.15) is 5.82 Å². The molecule has 3 nitrogen and oxygen atoms in total. The zero-order chi connectivity index (χ0) is 15.5. The maximum atomic E-state index is 5.21. The Bertz CT molecular complexity index is 529. The van der Waals surface area contributed by atoms with Gasteiger partial charge in [0.15, 0.2) is 5.11 Å². The summed E-state index contributed by atoms with van der Waals surface area (Å²) < 4.78 is 0.945. The molecule has 0 aliphatic rings. The van der Waals surface area contributed by atoms with Gasteiger partial charge in [0, 0.05) is 17.2 Å². The van der Waals surface area contributed by atoms with Crippen LogP contribution in [0.25, 0.3) is 0 Å². The molecule has 0 saturated heterocycles. The van der Waals surface area contributed by atoms with E-state index in [2.05, 4.69) is 43.7 Å². The van der Waals surface area contributed by atoms with E-state index in [9.17, 15) is 0 Å². The van der Waals surface area contributed by atoms with E-state index in [0.717, 1.165) is 23.3 Å². The van der Waals surface area contributed by atoms with E-state index in [1.807, 2.05) is 44.2 Å². The maximum Gasteiger partial charge on any atom is 0.171 e. The van der Waals surface area contributed by atoms with Gasteiger partial charge in [0.05, 0.1) is 0 Å². The van der Waals surface area contributed by atoms with Crippen molar-refractivity contribution in [3.05, 3.63) is 58.7 Å². The van der Waals surface area contributed by atoms with Crippen molar-refractivity contribution >= 4 is 39.1 Å². The van der Waals surface area contributed by atoms with Crippen molar-refractivity contribution < 1.29 is 0 Å². The van der Waals surface area contributed by atoms with Crippen LogP contribution in [-0.2, 0) is 6.42 Å². The normalized spacial score (nSPS) is 9.29. The average Bonchev–Trinajstić information content (AvgIpc) is 2.53. The fraction of sp³-hybridized carbons (Fsp3) is 0.250. The van der Waals surface area contributed by atoms with Gasteiger partial charge >= 0.3 is 0 Å². The summed E-state index contributed by atoms with van der Waals surface area (Å²) in [6.07, 6.45) is 2.67. The summed E-state index contributed by atoms with van der Waals surface area (Å²) >= 11 is 8.55. The van der Waals surface area contributed by atoms with Crippen LogP contribution in [0.3, 0.4) is 0 Å². The monoisotopic (exact) mass is 365 g/mol. The lowest BCUT2D eigenvalue weighted by Gasteiger charge is -2.09. The molecule has 0 atom stereocenters. The maximum absolute atomic E-state index is 5.21. The predicted octanol–water partition coefficient (Wildman–Crippen LogP) is 4.40. The number of aromatic nitrogens is 1. The van der Waals surface area contributed by atoms with Crippen LogP contribution in [0.2, 0.25) is 0 Å². The van der Waals surface area contributed by atoms with E-state index in [0.29, 0.717) is 5.11 Å². The molecule has 2 rings (SSSR count). The molecule has 2 aromatic rings. The summed E-state index contributed by atoms with van der Waals surface area (Å²) in [4.78, 5) is 4.20. The summed E-state index contributed by atoms with van der Waals surface area (Å²) in [6, 6.07) is 14.1. The van der Waals surface area contributed by atoms with Crippen LogP contribution in [0.4, 0.5) is 5.82 Å². The fourth-order valence-corrected chi connectivity index (χ4v) is 2.02. The van der Waals surface area contributed by atoms with Gasteiger partial charge in [-0.05, 0) is 52.3 Å². The van der Waals surface area contributed by atoms with Crippen molar-refractivity contribution in [3.8, 4) is 0 Å². The Balaban J connectivity index is 0.00000106. The Morgan fingerprint density at radius 1 is 1.14 bits per heavy atom. The molecular formula is C16H20BrN3S. The number of hydrogen-bond donors (Lipinski definition) is 2. The Kier molecular flexibility index (Phi) is 8.62. The van der Waals surface area contributed by atoms with Gasteiger partial charge < -0.3 is 10.6 Å². The Morgan fingerprint density at radius 3 is 2.48 bits per heavy atom. The number of hydrogen-bond acceptors (Lipinski definition) is 2. The second-order valence-corrected chi connectivity index (χ2v) is 5.30. The highest BCUT2D eigenvalue weighted by Crippen LogP contribution is 2.10. The molecule has 0 amide bonds. The number of nitrogens with one attached hydrogen (secondary N) is 2. The van der Waals surface area contributed by atoms with Gasteiger partial charge in [-0.25, -0.2) is 4.98 Å².